The highest BCUT2D eigenvalue weighted by Gasteiger charge is 2.38. The van der Waals surface area contributed by atoms with Crippen molar-refractivity contribution < 1.29 is 47.3 Å². The minimum atomic E-state index is -5.08. The van der Waals surface area contributed by atoms with Crippen LogP contribution in [0.4, 0.5) is 13.2 Å². The molecule has 0 fully saturated rings. The average molecular weight is 533 g/mol. The fraction of sp³-hybridized carbons (Fsp3) is 0.391. The second-order valence-electron chi connectivity index (χ2n) is 7.55. The predicted molar refractivity (Wildman–Crippen MR) is 125 cm³/mol. The first kappa shape index (κ1) is 30.6. The van der Waals surface area contributed by atoms with Gasteiger partial charge in [0.15, 0.2) is 0 Å². The molecule has 198 valence electrons. The number of aryl methyl sites for hydroxylation is 1. The van der Waals surface area contributed by atoms with Crippen LogP contribution in [0, 0.1) is 0 Å². The highest BCUT2D eigenvalue weighted by atomic mass is 32.1. The van der Waals surface area contributed by atoms with Gasteiger partial charge in [-0.25, -0.2) is 9.59 Å². The Morgan fingerprint density at radius 1 is 1.17 bits per heavy atom. The maximum Gasteiger partial charge on any atom is 0.490 e. The molecule has 1 aliphatic rings. The van der Waals surface area contributed by atoms with E-state index in [2.05, 4.69) is 6.92 Å². The molecule has 0 spiro atoms. The number of thiophene rings is 1. The molecule has 1 aromatic heterocycles. The van der Waals surface area contributed by atoms with E-state index in [1.807, 2.05) is 6.07 Å². The largest absolute Gasteiger partial charge is 0.490 e. The van der Waals surface area contributed by atoms with Gasteiger partial charge >= 0.3 is 24.1 Å². The average Bonchev–Trinajstić information content (AvgIpc) is 3.21. The molecule has 36 heavy (non-hydrogen) atoms. The number of hydrogen-bond acceptors (Lipinski definition) is 7. The highest BCUT2D eigenvalue weighted by Crippen LogP contribution is 2.40. The van der Waals surface area contributed by atoms with Crippen molar-refractivity contribution in [2.45, 2.75) is 51.2 Å². The van der Waals surface area contributed by atoms with Crippen molar-refractivity contribution in [1.29, 1.82) is 0 Å². The fourth-order valence-corrected chi connectivity index (χ4v) is 4.60. The fourth-order valence-electron chi connectivity index (χ4n) is 3.29. The number of aliphatic carboxylic acids is 2. The zero-order valence-corrected chi connectivity index (χ0v) is 20.3. The molecule has 6 N–H and O–H groups in total. The van der Waals surface area contributed by atoms with E-state index >= 15 is 0 Å². The first-order valence-electron chi connectivity index (χ1n) is 10.7. The Hall–Kier alpha value is -3.45. The van der Waals surface area contributed by atoms with E-state index in [1.165, 1.54) is 11.3 Å². The van der Waals surface area contributed by atoms with Crippen molar-refractivity contribution in [2.75, 3.05) is 6.61 Å². The van der Waals surface area contributed by atoms with Gasteiger partial charge in [-0.1, -0.05) is 37.3 Å². The Balaban J connectivity index is 0.000000306. The number of hydrogen-bond donors (Lipinski definition) is 4. The van der Waals surface area contributed by atoms with E-state index in [1.54, 1.807) is 31.2 Å². The molecule has 0 saturated heterocycles. The smallest absolute Gasteiger partial charge is 0.480 e. The summed E-state index contributed by atoms with van der Waals surface area (Å²) in [5.41, 5.74) is 12.7. The maximum absolute atomic E-state index is 12.0. The van der Waals surface area contributed by atoms with Gasteiger partial charge in [-0.2, -0.15) is 13.2 Å². The Bertz CT molecular complexity index is 1070. The lowest BCUT2D eigenvalue weighted by atomic mass is 9.86. The van der Waals surface area contributed by atoms with Crippen molar-refractivity contribution in [3.05, 3.63) is 56.8 Å². The second kappa shape index (κ2) is 13.6. The van der Waals surface area contributed by atoms with Crippen molar-refractivity contribution in [3.8, 4) is 0 Å². The Morgan fingerprint density at radius 3 is 2.17 bits per heavy atom. The lowest BCUT2D eigenvalue weighted by molar-refractivity contribution is -0.192. The highest BCUT2D eigenvalue weighted by molar-refractivity contribution is 7.14. The van der Waals surface area contributed by atoms with Crippen molar-refractivity contribution >= 4 is 35.2 Å². The van der Waals surface area contributed by atoms with E-state index in [4.69, 9.17) is 31.2 Å². The summed E-state index contributed by atoms with van der Waals surface area (Å²) in [6, 6.07) is 7.82. The molecule has 0 aliphatic heterocycles. The summed E-state index contributed by atoms with van der Waals surface area (Å²) >= 11 is 1.35. The van der Waals surface area contributed by atoms with E-state index < -0.39 is 36.0 Å². The molecule has 1 aliphatic carbocycles. The van der Waals surface area contributed by atoms with E-state index in [9.17, 15) is 27.6 Å². The monoisotopic (exact) mass is 532 g/mol. The number of ether oxygens (including phenoxy) is 1. The zero-order valence-electron chi connectivity index (χ0n) is 19.5. The molecule has 3 rings (SSSR count). The number of carbonyl (C=O) groups excluding carboxylic acids is 2. The van der Waals surface area contributed by atoms with Crippen molar-refractivity contribution in [3.63, 3.8) is 0 Å². The molecule has 2 atom stereocenters. The molecule has 1 unspecified atom stereocenters. The van der Waals surface area contributed by atoms with Gasteiger partial charge in [0, 0.05) is 4.88 Å². The first-order valence-corrected chi connectivity index (χ1v) is 11.5. The van der Waals surface area contributed by atoms with Crippen molar-refractivity contribution in [1.82, 2.24) is 0 Å². The number of carboxylic acids is 2. The summed E-state index contributed by atoms with van der Waals surface area (Å²) in [6.07, 6.45) is -2.03. The number of amides is 1. The standard InChI is InChI=1S/C13H17NO3S.C8H9NO2.C2HF3O2/c1-3-17-13(16)10-9-7(2)5-4-6-8(9)18-11(10)12(14)15;9-7(8(10)11)6-4-2-1-3-5-6;3-2(4,5)1(6)7/h7H,3-6H2,1-2H3,(H2,14,15);1-5,7H,9H2,(H,10,11);(H,6,7)/t;7-;/m.0./s1. The normalized spacial score (nSPS) is 15.1. The predicted octanol–water partition coefficient (Wildman–Crippen LogP) is 3.87. The number of halogens is 3. The number of primary amides is 1. The third-order valence-electron chi connectivity index (χ3n) is 4.93. The summed E-state index contributed by atoms with van der Waals surface area (Å²) in [5, 5.41) is 15.6. The summed E-state index contributed by atoms with van der Waals surface area (Å²) in [7, 11) is 0. The third kappa shape index (κ3) is 8.64. The van der Waals surface area contributed by atoms with E-state index in [0.717, 1.165) is 29.7 Å². The van der Waals surface area contributed by atoms with Gasteiger partial charge in [0.1, 0.15) is 10.9 Å². The van der Waals surface area contributed by atoms with Gasteiger partial charge in [0.25, 0.3) is 5.91 Å². The lowest BCUT2D eigenvalue weighted by Gasteiger charge is -2.19. The number of carbonyl (C=O) groups is 4. The van der Waals surface area contributed by atoms with E-state index in [-0.39, 0.29) is 5.92 Å². The Labute approximate surface area is 208 Å². The first-order chi connectivity index (χ1) is 16.7. The summed E-state index contributed by atoms with van der Waals surface area (Å²) in [4.78, 5) is 44.2. The van der Waals surface area contributed by atoms with Gasteiger partial charge in [-0.3, -0.25) is 9.59 Å². The van der Waals surface area contributed by atoms with E-state index in [0.29, 0.717) is 22.6 Å². The number of alkyl halides is 3. The van der Waals surface area contributed by atoms with Gasteiger partial charge in [-0.05, 0) is 43.2 Å². The topological polar surface area (TPSA) is 170 Å². The minimum absolute atomic E-state index is 0.289. The van der Waals surface area contributed by atoms with Crippen LogP contribution in [0.3, 0.4) is 0 Å². The molecule has 0 saturated carbocycles. The molecular formula is C23H27F3N2O7S. The van der Waals surface area contributed by atoms with Gasteiger partial charge in [0.2, 0.25) is 0 Å². The zero-order chi connectivity index (χ0) is 27.6. The van der Waals surface area contributed by atoms with Crippen LogP contribution >= 0.6 is 11.3 Å². The van der Waals surface area contributed by atoms with Gasteiger partial charge in [-0.15, -0.1) is 11.3 Å². The molecule has 0 radical (unpaired) electrons. The van der Waals surface area contributed by atoms with Crippen LogP contribution in [-0.2, 0) is 20.7 Å². The van der Waals surface area contributed by atoms with Crippen molar-refractivity contribution in [2.24, 2.45) is 11.5 Å². The summed E-state index contributed by atoms with van der Waals surface area (Å²) < 4.78 is 36.8. The van der Waals surface area contributed by atoms with Gasteiger partial charge < -0.3 is 26.4 Å². The Kier molecular flexibility index (Phi) is 11.5. The Morgan fingerprint density at radius 2 is 1.72 bits per heavy atom. The molecule has 13 heteroatoms. The summed E-state index contributed by atoms with van der Waals surface area (Å²) in [6.45, 7) is 4.14. The number of rotatable bonds is 5. The number of benzene rings is 1. The van der Waals surface area contributed by atoms with Crippen LogP contribution in [0.15, 0.2) is 30.3 Å². The molecule has 9 nitrogen and oxygen atoms in total. The number of carboxylic acid groups (broad SMARTS) is 2. The summed E-state index contributed by atoms with van der Waals surface area (Å²) in [5.74, 6) is -4.43. The molecular weight excluding hydrogens is 505 g/mol. The molecule has 1 aromatic carbocycles. The van der Waals surface area contributed by atoms with Crippen LogP contribution in [0.5, 0.6) is 0 Å². The van der Waals surface area contributed by atoms with Crippen LogP contribution in [0.2, 0.25) is 0 Å². The maximum atomic E-state index is 12.0. The molecule has 2 aromatic rings. The molecule has 1 heterocycles. The SMILES string of the molecule is CCOC(=O)c1c(C(N)=O)sc2c1C(C)CCC2.N[C@H](C(=O)O)c1ccccc1.O=C(O)C(F)(F)F. The number of nitrogens with two attached hydrogens (primary N) is 2. The van der Waals surface area contributed by atoms with Crippen LogP contribution in [-0.4, -0.2) is 46.8 Å². The van der Waals surface area contributed by atoms with Crippen LogP contribution < -0.4 is 11.5 Å². The van der Waals surface area contributed by atoms with Crippen LogP contribution in [0.1, 0.15) is 74.7 Å². The molecule has 1 amide bonds. The van der Waals surface area contributed by atoms with Gasteiger partial charge in [0.05, 0.1) is 12.2 Å². The number of esters is 1. The second-order valence-corrected chi connectivity index (χ2v) is 8.66. The lowest BCUT2D eigenvalue weighted by Crippen LogP contribution is -2.21. The quantitative estimate of drug-likeness (QED) is 0.421. The number of fused-ring (bicyclic) bond motifs is 1. The third-order valence-corrected chi connectivity index (χ3v) is 6.21. The minimum Gasteiger partial charge on any atom is -0.480 e. The molecule has 0 bridgehead atoms. The van der Waals surface area contributed by atoms with Crippen LogP contribution in [0.25, 0.3) is 0 Å².